The lowest BCUT2D eigenvalue weighted by Crippen LogP contribution is -2.04. The average molecular weight is 283 g/mol. The average Bonchev–Trinajstić information content (AvgIpc) is 3.00. The Balaban J connectivity index is 1.90. The maximum atomic E-state index is 13.6. The Bertz CT molecular complexity index is 755. The van der Waals surface area contributed by atoms with Gasteiger partial charge >= 0.3 is 0 Å². The first-order chi connectivity index (χ1) is 10.1. The van der Waals surface area contributed by atoms with Crippen molar-refractivity contribution in [2.24, 2.45) is 0 Å². The molecule has 2 aromatic carbocycles. The summed E-state index contributed by atoms with van der Waals surface area (Å²) in [7, 11) is 0. The van der Waals surface area contributed by atoms with E-state index >= 15 is 0 Å². The summed E-state index contributed by atoms with van der Waals surface area (Å²) in [6.45, 7) is 1.68. The van der Waals surface area contributed by atoms with Crippen molar-refractivity contribution in [2.45, 2.75) is 13.0 Å². The highest BCUT2D eigenvalue weighted by Crippen LogP contribution is 2.22. The molecule has 3 aromatic rings. The highest BCUT2D eigenvalue weighted by molar-refractivity contribution is 5.31. The Labute approximate surface area is 121 Å². The third-order valence-corrected chi connectivity index (χ3v) is 3.29. The molecule has 21 heavy (non-hydrogen) atoms. The lowest BCUT2D eigenvalue weighted by Gasteiger charge is -2.08. The van der Waals surface area contributed by atoms with E-state index in [4.69, 9.17) is 0 Å². The minimum absolute atomic E-state index is 0.345. The fraction of sp³-hybridized carbons (Fsp3) is 0.125. The molecule has 0 radical (unpaired) electrons. The molecule has 0 amide bonds. The molecule has 1 heterocycles. The molecule has 0 saturated carbocycles. The SMILES string of the molecule is Cc1ccc(C(O)c2cnn(-c3ccccc3)n2)cc1F. The van der Waals surface area contributed by atoms with Gasteiger partial charge in [-0.15, -0.1) is 0 Å². The summed E-state index contributed by atoms with van der Waals surface area (Å²) >= 11 is 0. The first-order valence-corrected chi connectivity index (χ1v) is 6.57. The smallest absolute Gasteiger partial charge is 0.126 e. The maximum absolute atomic E-state index is 13.6. The van der Waals surface area contributed by atoms with Gasteiger partial charge in [0.25, 0.3) is 0 Å². The van der Waals surface area contributed by atoms with E-state index in [-0.39, 0.29) is 5.82 Å². The molecule has 0 aliphatic carbocycles. The van der Waals surface area contributed by atoms with E-state index in [1.54, 1.807) is 19.1 Å². The molecular weight excluding hydrogens is 269 g/mol. The predicted octanol–water partition coefficient (Wildman–Crippen LogP) is 2.80. The molecule has 0 fully saturated rings. The first-order valence-electron chi connectivity index (χ1n) is 6.57. The lowest BCUT2D eigenvalue weighted by atomic mass is 10.1. The van der Waals surface area contributed by atoms with Crippen molar-refractivity contribution in [3.8, 4) is 5.69 Å². The van der Waals surface area contributed by atoms with Gasteiger partial charge in [0.1, 0.15) is 17.6 Å². The second kappa shape index (κ2) is 5.46. The zero-order chi connectivity index (χ0) is 14.8. The Morgan fingerprint density at radius 3 is 2.62 bits per heavy atom. The standard InChI is InChI=1S/C16H14FN3O/c1-11-7-8-12(9-14(11)17)16(21)15-10-18-20(19-15)13-5-3-2-4-6-13/h2-10,16,21H,1H3. The molecular formula is C16H14FN3O. The van der Waals surface area contributed by atoms with Crippen molar-refractivity contribution in [3.63, 3.8) is 0 Å². The molecule has 1 N–H and O–H groups in total. The van der Waals surface area contributed by atoms with Crippen LogP contribution in [0, 0.1) is 12.7 Å². The molecule has 1 unspecified atom stereocenters. The van der Waals surface area contributed by atoms with Crippen molar-refractivity contribution < 1.29 is 9.50 Å². The third kappa shape index (κ3) is 2.68. The summed E-state index contributed by atoms with van der Waals surface area (Å²) in [4.78, 5) is 1.43. The number of halogens is 1. The van der Waals surface area contributed by atoms with E-state index in [0.29, 0.717) is 16.8 Å². The second-order valence-electron chi connectivity index (χ2n) is 4.81. The normalized spacial score (nSPS) is 12.3. The van der Waals surface area contributed by atoms with E-state index in [0.717, 1.165) is 5.69 Å². The van der Waals surface area contributed by atoms with Gasteiger partial charge in [0.05, 0.1) is 11.9 Å². The minimum Gasteiger partial charge on any atom is -0.382 e. The molecule has 4 nitrogen and oxygen atoms in total. The van der Waals surface area contributed by atoms with Crippen molar-refractivity contribution in [3.05, 3.63) is 77.4 Å². The van der Waals surface area contributed by atoms with Crippen LogP contribution < -0.4 is 0 Å². The number of hydrogen-bond donors (Lipinski definition) is 1. The Kier molecular flexibility index (Phi) is 3.50. The van der Waals surface area contributed by atoms with Crippen LogP contribution >= 0.6 is 0 Å². The number of para-hydroxylation sites is 1. The van der Waals surface area contributed by atoms with Crippen molar-refractivity contribution in [2.75, 3.05) is 0 Å². The fourth-order valence-electron chi connectivity index (χ4n) is 2.04. The molecule has 0 bridgehead atoms. The molecule has 3 rings (SSSR count). The Morgan fingerprint density at radius 1 is 1.14 bits per heavy atom. The molecule has 5 heteroatoms. The van der Waals surface area contributed by atoms with Crippen LogP contribution in [0.3, 0.4) is 0 Å². The van der Waals surface area contributed by atoms with Gasteiger partial charge in [0, 0.05) is 0 Å². The van der Waals surface area contributed by atoms with Crippen LogP contribution in [-0.4, -0.2) is 20.1 Å². The number of rotatable bonds is 3. The fourth-order valence-corrected chi connectivity index (χ4v) is 2.04. The molecule has 0 saturated heterocycles. The quantitative estimate of drug-likeness (QED) is 0.804. The predicted molar refractivity (Wildman–Crippen MR) is 76.6 cm³/mol. The van der Waals surface area contributed by atoms with Crippen LogP contribution in [0.25, 0.3) is 5.69 Å². The molecule has 0 aliphatic rings. The molecule has 1 atom stereocenters. The summed E-state index contributed by atoms with van der Waals surface area (Å²) in [5.41, 5.74) is 2.17. The van der Waals surface area contributed by atoms with Gasteiger partial charge in [-0.25, -0.2) is 4.39 Å². The van der Waals surface area contributed by atoms with Gasteiger partial charge in [0.2, 0.25) is 0 Å². The van der Waals surface area contributed by atoms with Gasteiger partial charge in [-0.05, 0) is 36.2 Å². The summed E-state index contributed by atoms with van der Waals surface area (Å²) < 4.78 is 13.6. The topological polar surface area (TPSA) is 50.9 Å². The number of aryl methyl sites for hydroxylation is 1. The van der Waals surface area contributed by atoms with E-state index < -0.39 is 6.10 Å². The number of benzene rings is 2. The number of aliphatic hydroxyl groups is 1. The molecule has 0 aliphatic heterocycles. The van der Waals surface area contributed by atoms with Gasteiger partial charge < -0.3 is 5.11 Å². The Hall–Kier alpha value is -2.53. The third-order valence-electron chi connectivity index (χ3n) is 3.29. The summed E-state index contributed by atoms with van der Waals surface area (Å²) in [6, 6.07) is 14.0. The zero-order valence-electron chi connectivity index (χ0n) is 11.4. The van der Waals surface area contributed by atoms with E-state index in [1.165, 1.54) is 17.1 Å². The highest BCUT2D eigenvalue weighted by Gasteiger charge is 2.16. The summed E-state index contributed by atoms with van der Waals surface area (Å²) in [5, 5.41) is 18.7. The molecule has 1 aromatic heterocycles. The first kappa shape index (κ1) is 13.5. The highest BCUT2D eigenvalue weighted by atomic mass is 19.1. The maximum Gasteiger partial charge on any atom is 0.126 e. The molecule has 0 spiro atoms. The number of nitrogens with zero attached hydrogens (tertiary/aromatic N) is 3. The van der Waals surface area contributed by atoms with Crippen molar-refractivity contribution in [1.82, 2.24) is 15.0 Å². The number of aromatic nitrogens is 3. The van der Waals surface area contributed by atoms with E-state index in [1.807, 2.05) is 30.3 Å². The van der Waals surface area contributed by atoms with E-state index in [9.17, 15) is 9.50 Å². The van der Waals surface area contributed by atoms with E-state index in [2.05, 4.69) is 10.2 Å². The van der Waals surface area contributed by atoms with Crippen LogP contribution in [0.2, 0.25) is 0 Å². The van der Waals surface area contributed by atoms with Crippen LogP contribution in [0.5, 0.6) is 0 Å². The minimum atomic E-state index is -1.00. The van der Waals surface area contributed by atoms with Gasteiger partial charge in [0.15, 0.2) is 0 Å². The van der Waals surface area contributed by atoms with Crippen molar-refractivity contribution >= 4 is 0 Å². The second-order valence-corrected chi connectivity index (χ2v) is 4.81. The monoisotopic (exact) mass is 283 g/mol. The van der Waals surface area contributed by atoms with Crippen LogP contribution in [0.1, 0.15) is 22.9 Å². The lowest BCUT2D eigenvalue weighted by molar-refractivity contribution is 0.214. The van der Waals surface area contributed by atoms with Gasteiger partial charge in [-0.2, -0.15) is 15.0 Å². The zero-order valence-corrected chi connectivity index (χ0v) is 11.4. The summed E-state index contributed by atoms with van der Waals surface area (Å²) in [6.07, 6.45) is 0.479. The summed E-state index contributed by atoms with van der Waals surface area (Å²) in [5.74, 6) is -0.345. The van der Waals surface area contributed by atoms with Gasteiger partial charge in [-0.3, -0.25) is 0 Å². The van der Waals surface area contributed by atoms with Crippen LogP contribution in [0.4, 0.5) is 4.39 Å². The number of hydrogen-bond acceptors (Lipinski definition) is 3. The Morgan fingerprint density at radius 2 is 1.90 bits per heavy atom. The van der Waals surface area contributed by atoms with Crippen LogP contribution in [0.15, 0.2) is 54.7 Å². The largest absolute Gasteiger partial charge is 0.382 e. The van der Waals surface area contributed by atoms with Crippen LogP contribution in [-0.2, 0) is 0 Å². The molecule has 106 valence electrons. The van der Waals surface area contributed by atoms with Crippen molar-refractivity contribution in [1.29, 1.82) is 0 Å². The van der Waals surface area contributed by atoms with Gasteiger partial charge in [-0.1, -0.05) is 30.3 Å². The number of aliphatic hydroxyl groups excluding tert-OH is 1.